The van der Waals surface area contributed by atoms with Crippen molar-refractivity contribution in [1.29, 1.82) is 0 Å². The van der Waals surface area contributed by atoms with Crippen LogP contribution in [0.5, 0.6) is 0 Å². The van der Waals surface area contributed by atoms with E-state index < -0.39 is 6.10 Å². The van der Waals surface area contributed by atoms with E-state index in [2.05, 4.69) is 102 Å². The molecule has 0 amide bonds. The zero-order chi connectivity index (χ0) is 94.1. The van der Waals surface area contributed by atoms with Crippen LogP contribution < -0.4 is 70.2 Å². The van der Waals surface area contributed by atoms with Gasteiger partial charge in [0.05, 0.1) is 43.5 Å². The third-order valence-electron chi connectivity index (χ3n) is 24.7. The molecule has 1 atom stereocenters. The molecule has 0 bridgehead atoms. The minimum Gasteiger partial charge on any atom is -1.00 e. The number of para-hydroxylation sites is 4. The number of ether oxygens (including phenoxy) is 1. The molecule has 8 aromatic heterocycles. The van der Waals surface area contributed by atoms with E-state index in [0.29, 0.717) is 41.9 Å². The van der Waals surface area contributed by atoms with Crippen molar-refractivity contribution in [2.45, 2.75) is 343 Å². The Morgan fingerprint density at radius 3 is 1.37 bits per heavy atom. The molecule has 712 valence electrons. The molecule has 6 aliphatic carbocycles. The van der Waals surface area contributed by atoms with Gasteiger partial charge in [-0.2, -0.15) is 0 Å². The van der Waals surface area contributed by atoms with Crippen LogP contribution in [0.3, 0.4) is 0 Å². The molecule has 1 saturated heterocycles. The zero-order valence-corrected chi connectivity index (χ0v) is 90.1. The van der Waals surface area contributed by atoms with Crippen molar-refractivity contribution in [3.05, 3.63) is 248 Å². The van der Waals surface area contributed by atoms with E-state index in [1.165, 1.54) is 145 Å². The molecular formula is C104H137B2N11Na2O10S6. The summed E-state index contributed by atoms with van der Waals surface area (Å²) in [6, 6.07) is 15.6. The summed E-state index contributed by atoms with van der Waals surface area (Å²) in [6.07, 6.45) is 51.3. The van der Waals surface area contributed by atoms with E-state index >= 15 is 0 Å². The number of H-pyrrole nitrogens is 1. The van der Waals surface area contributed by atoms with Crippen LogP contribution in [0.25, 0.3) is 36.7 Å². The van der Waals surface area contributed by atoms with Crippen LogP contribution in [0.2, 0.25) is 0 Å². The second-order valence-corrected chi connectivity index (χ2v) is 37.0. The zero-order valence-electron chi connectivity index (χ0n) is 83.2. The summed E-state index contributed by atoms with van der Waals surface area (Å²) in [7, 11) is 0. The Morgan fingerprint density at radius 1 is 0.474 bits per heavy atom. The number of aliphatic hydroxyl groups excluding tert-OH is 3. The molecule has 10 aromatic rings. The van der Waals surface area contributed by atoms with Gasteiger partial charge in [-0.15, -0.1) is 0 Å². The molecule has 21 nitrogen and oxygen atoms in total. The van der Waals surface area contributed by atoms with Gasteiger partial charge in [0.2, 0.25) is 5.69 Å². The number of hydrogen-bond acceptors (Lipinski definition) is 17. The first-order valence-electron chi connectivity index (χ1n) is 47.9. The van der Waals surface area contributed by atoms with Crippen molar-refractivity contribution in [1.82, 2.24) is 37.4 Å². The number of aryl methyl sites for hydroxylation is 10. The number of nitrogens with one attached hydrogen (secondary N) is 1. The van der Waals surface area contributed by atoms with Gasteiger partial charge in [-0.3, -0.25) is 19.2 Å². The van der Waals surface area contributed by atoms with Crippen LogP contribution in [-0.2, 0) is 121 Å². The van der Waals surface area contributed by atoms with Gasteiger partial charge in [0, 0.05) is 142 Å². The summed E-state index contributed by atoms with van der Waals surface area (Å²) in [5.41, 5.74) is 20.9. The standard InChI is InChI=1S/C21H24N2OS2.C14H18N2O2.C14H16N2O2.C14H18N2S.C14H21NOS.C14H19NOS.C7H5NOS.C4H8O.C2H6O.2B.2Na.2H/c1-2-3-12-23-13-15-8-4-5-9-16(15)17(20(23)25)14-26-21-22-18-10-6-7-11-19(18)24-21;2*1-3-4-8-16-9-11-10(6-5-7-12(11)17)13(15-2)14(16)18;1-3-4-9-16-10-11-7-5-6-8-12(11)13(15-2)14(16)17;2*1-2-3-8-15-9-11-6-4-5-7-12(11)13(10-16)14(15)17;10-7-8-5-3-1-2-4-6(5)9-7;1-2-4-5-3-1;1-2-3;;;;;;/h6-7,10-11,13H,2-5,8-9,12,14H2,1H3;9,12,17H,3-8H2,1H3;9H,3-8H2,1H3;10H,3-9H2,1H3;9,16H,2-8,10H2,1H3;9-10H,2-8H2,1H3;1-4H,(H,8,10);1-4H2;3H,2H2,1H3;;;;;;/q;;;;;;;;;;;2*+1;2*-1. The van der Waals surface area contributed by atoms with Gasteiger partial charge >= 0.3 is 59.1 Å². The second kappa shape index (κ2) is 63.7. The Morgan fingerprint density at radius 2 is 0.889 bits per heavy atom. The number of pyridine rings is 6. The molecule has 9 heterocycles. The summed E-state index contributed by atoms with van der Waals surface area (Å²) in [5, 5.41) is 27.8. The quantitative estimate of drug-likeness (QED) is 0.0153. The Balaban J connectivity index is 0.000000407. The number of thioether (sulfide) groups is 1. The third kappa shape index (κ3) is 33.7. The average Bonchev–Trinajstić information content (AvgIpc) is 1.72. The smallest absolute Gasteiger partial charge is 1.00 e. The molecule has 31 heteroatoms. The van der Waals surface area contributed by atoms with Gasteiger partial charge in [-0.05, 0) is 284 Å². The number of rotatable bonds is 23. The number of ketones is 1. The third-order valence-corrected chi connectivity index (χ3v) is 27.5. The second-order valence-electron chi connectivity index (χ2n) is 34.2. The molecule has 6 radical (unpaired) electrons. The van der Waals surface area contributed by atoms with Crippen LogP contribution in [0.1, 0.15) is 317 Å². The number of nitrogens with zero attached hydrogens (tertiary/aromatic N) is 10. The summed E-state index contributed by atoms with van der Waals surface area (Å²) in [6.45, 7) is 43.7. The number of fused-ring (bicyclic) bond motifs is 8. The first kappa shape index (κ1) is 119. The van der Waals surface area contributed by atoms with E-state index in [1.807, 2.05) is 55.5 Å². The SMILES string of the molecule is C1CCOC1.CCCCn1cc2c(c(C=O)c1=S)CCCC2.CCCCn1cc2c(c(CO)c1=S)CCCC2.CCCCn1cc2c(c(CSc3nc4ccccc4o3)c1=S)CCCC2.CCO.S=c1[nH]c2ccccc2o1.[B].[B].[C-]#[N+]c1c2c(cn(CCCC)c1=O)C(=O)CCC2.[C-]#[N+]c1c2c(cn(CCCC)c1=O)C(O)CCC2.[C-]#[N+]c1c2c(cn(CCCC)c1=S)CCCC2.[H-].[H-].[Na+].[Na+]. The number of aldehydes is 1. The maximum absolute atomic E-state index is 12.2. The van der Waals surface area contributed by atoms with Gasteiger partial charge in [0.25, 0.3) is 32.6 Å². The van der Waals surface area contributed by atoms with Crippen LogP contribution in [0.15, 0.2) is 109 Å². The molecule has 7 aliphatic rings. The van der Waals surface area contributed by atoms with Crippen LogP contribution in [-0.4, -0.2) is 101 Å². The predicted molar refractivity (Wildman–Crippen MR) is 555 cm³/mol. The number of unbranched alkanes of at least 4 members (excludes halogenated alkanes) is 6. The first-order chi connectivity index (χ1) is 63.7. The summed E-state index contributed by atoms with van der Waals surface area (Å²) in [5.74, 6) is 0.896. The molecule has 1 aliphatic heterocycles. The van der Waals surface area contributed by atoms with E-state index in [0.717, 1.165) is 254 Å². The summed E-state index contributed by atoms with van der Waals surface area (Å²) < 4.78 is 31.0. The maximum atomic E-state index is 12.2. The molecule has 0 spiro atoms. The monoisotopic (exact) mass is 1960 g/mol. The van der Waals surface area contributed by atoms with Crippen molar-refractivity contribution in [3.63, 3.8) is 0 Å². The maximum Gasteiger partial charge on any atom is 1.00 e. The molecule has 135 heavy (non-hydrogen) atoms. The van der Waals surface area contributed by atoms with Gasteiger partial charge < -0.3 is 64.1 Å². The number of benzene rings is 2. The van der Waals surface area contributed by atoms with E-state index in [4.69, 9.17) is 99.5 Å². The van der Waals surface area contributed by atoms with E-state index in [1.54, 1.807) is 35.6 Å². The van der Waals surface area contributed by atoms with Crippen LogP contribution >= 0.6 is 72.9 Å². The molecule has 2 aromatic carbocycles. The van der Waals surface area contributed by atoms with Gasteiger partial charge in [0.1, 0.15) is 24.1 Å². The van der Waals surface area contributed by atoms with Crippen molar-refractivity contribution in [3.8, 4) is 0 Å². The van der Waals surface area contributed by atoms with Crippen molar-refractivity contribution in [2.24, 2.45) is 0 Å². The molecule has 1 unspecified atom stereocenters. The van der Waals surface area contributed by atoms with Gasteiger partial charge in [-0.1, -0.05) is 171 Å². The number of hydrogen-bond donors (Lipinski definition) is 4. The number of oxazole rings is 2. The van der Waals surface area contributed by atoms with Crippen molar-refractivity contribution < 1.29 is 100 Å². The molecule has 1 fully saturated rings. The Kier molecular flexibility index (Phi) is 56.0. The number of aromatic nitrogens is 8. The Bertz CT molecular complexity index is 6010. The Hall–Kier alpha value is -6.89. The predicted octanol–water partition coefficient (Wildman–Crippen LogP) is 19.9. The summed E-state index contributed by atoms with van der Waals surface area (Å²) >= 11 is 28.7. The number of carbonyl (C=O) groups excluding carboxylic acids is 2. The molecule has 17 rings (SSSR count). The van der Waals surface area contributed by atoms with Crippen LogP contribution in [0.4, 0.5) is 17.1 Å². The largest absolute Gasteiger partial charge is 1.00 e. The number of carbonyl (C=O) groups is 2. The fourth-order valence-electron chi connectivity index (χ4n) is 17.5. The fourth-order valence-corrected chi connectivity index (χ4v) is 20.0. The first-order valence-corrected chi connectivity index (χ1v) is 50.9. The van der Waals surface area contributed by atoms with E-state index in [-0.39, 0.29) is 120 Å². The fraction of sp³-hybridized carbons (Fsp3) is 0.529. The van der Waals surface area contributed by atoms with E-state index in [9.17, 15) is 29.4 Å². The van der Waals surface area contributed by atoms with Crippen molar-refractivity contribution >= 4 is 141 Å². The normalized spacial score (nSPS) is 14.2. The number of aliphatic hydroxyl groups is 3. The minimum absolute atomic E-state index is 0. The van der Waals surface area contributed by atoms with Gasteiger partial charge in [-0.25, -0.2) is 19.5 Å². The van der Waals surface area contributed by atoms with Crippen molar-refractivity contribution in [2.75, 3.05) is 19.8 Å². The minimum atomic E-state index is -0.525. The Labute approximate surface area is 880 Å². The number of aromatic amines is 1. The topological polar surface area (TPSA) is 236 Å². The number of Topliss-reactive ketones (excluding diaryl/α,β-unsaturated/α-hetero) is 1. The molecule has 0 saturated carbocycles. The summed E-state index contributed by atoms with van der Waals surface area (Å²) in [4.78, 5) is 65.7. The van der Waals surface area contributed by atoms with Crippen LogP contribution in [0, 0.1) is 43.1 Å². The molecular weight excluding hydrogens is 1820 g/mol. The average molecular weight is 1960 g/mol. The molecule has 4 N–H and O–H groups in total. The van der Waals surface area contributed by atoms with Gasteiger partial charge in [0.15, 0.2) is 23.2 Å².